The van der Waals surface area contributed by atoms with Crippen molar-refractivity contribution in [3.8, 4) is 0 Å². The fraction of sp³-hybridized carbons (Fsp3) is 0.200. The van der Waals surface area contributed by atoms with Crippen LogP contribution in [-0.4, -0.2) is 33.4 Å². The number of anilines is 2. The van der Waals surface area contributed by atoms with Gasteiger partial charge in [-0.3, -0.25) is 14.4 Å². The van der Waals surface area contributed by atoms with E-state index in [1.165, 1.54) is 12.1 Å². The van der Waals surface area contributed by atoms with Crippen molar-refractivity contribution in [2.24, 2.45) is 0 Å². The molecule has 3 amide bonds. The molecule has 3 rings (SSSR count). The van der Waals surface area contributed by atoms with Crippen LogP contribution in [0.2, 0.25) is 0 Å². The van der Waals surface area contributed by atoms with Gasteiger partial charge in [-0.25, -0.2) is 9.69 Å². The summed E-state index contributed by atoms with van der Waals surface area (Å²) in [6.07, 6.45) is 0.615. The second-order valence-corrected chi connectivity index (χ2v) is 7.32. The molecule has 1 saturated heterocycles. The molecule has 1 atom stereocenters. The molecule has 1 heterocycles. The van der Waals surface area contributed by atoms with Crippen molar-refractivity contribution in [1.82, 2.24) is 0 Å². The molecular formula is C20H18N2O5S. The number of imide groups is 1. The van der Waals surface area contributed by atoms with E-state index in [4.69, 9.17) is 0 Å². The minimum atomic E-state index is -1.17. The zero-order chi connectivity index (χ0) is 20.3. The number of aromatic carboxylic acids is 1. The molecule has 28 heavy (non-hydrogen) atoms. The fourth-order valence-corrected chi connectivity index (χ4v) is 3.83. The normalized spacial score (nSPS) is 16.3. The third-order valence-corrected chi connectivity index (χ3v) is 5.36. The van der Waals surface area contributed by atoms with Gasteiger partial charge in [-0.2, -0.15) is 0 Å². The van der Waals surface area contributed by atoms with Gasteiger partial charge in [0, 0.05) is 6.42 Å². The van der Waals surface area contributed by atoms with Crippen LogP contribution < -0.4 is 10.2 Å². The summed E-state index contributed by atoms with van der Waals surface area (Å²) in [7, 11) is 0. The molecule has 0 aliphatic carbocycles. The first-order valence-corrected chi connectivity index (χ1v) is 9.54. The van der Waals surface area contributed by atoms with E-state index in [2.05, 4.69) is 5.32 Å². The van der Waals surface area contributed by atoms with Gasteiger partial charge in [-0.1, -0.05) is 31.2 Å². The molecule has 8 heteroatoms. The number of thioether (sulfide) groups is 1. The number of nitrogens with one attached hydrogen (secondary N) is 1. The van der Waals surface area contributed by atoms with E-state index in [0.29, 0.717) is 5.69 Å². The number of para-hydroxylation sites is 1. The Kier molecular flexibility index (Phi) is 5.79. The van der Waals surface area contributed by atoms with Crippen LogP contribution in [0.4, 0.5) is 16.2 Å². The van der Waals surface area contributed by atoms with E-state index in [-0.39, 0.29) is 17.7 Å². The van der Waals surface area contributed by atoms with Crippen molar-refractivity contribution < 1.29 is 24.3 Å². The summed E-state index contributed by atoms with van der Waals surface area (Å²) in [4.78, 5) is 49.6. The van der Waals surface area contributed by atoms with E-state index in [1.807, 2.05) is 19.1 Å². The zero-order valence-electron chi connectivity index (χ0n) is 15.0. The molecule has 0 aromatic heterocycles. The summed E-state index contributed by atoms with van der Waals surface area (Å²) < 4.78 is 0. The van der Waals surface area contributed by atoms with Gasteiger partial charge in [0.05, 0.1) is 16.9 Å². The summed E-state index contributed by atoms with van der Waals surface area (Å²) in [5.74, 6) is -2.16. The molecular weight excluding hydrogens is 380 g/mol. The number of hydrogen-bond acceptors (Lipinski definition) is 5. The van der Waals surface area contributed by atoms with Gasteiger partial charge >= 0.3 is 5.97 Å². The van der Waals surface area contributed by atoms with E-state index >= 15 is 0 Å². The molecule has 1 unspecified atom stereocenters. The van der Waals surface area contributed by atoms with Gasteiger partial charge in [0.25, 0.3) is 5.24 Å². The average molecular weight is 398 g/mol. The molecule has 2 aromatic rings. The van der Waals surface area contributed by atoms with Crippen LogP contribution in [0.15, 0.2) is 48.5 Å². The maximum absolute atomic E-state index is 12.6. The Balaban J connectivity index is 1.70. The topological polar surface area (TPSA) is 104 Å². The minimum absolute atomic E-state index is 0.0463. The van der Waals surface area contributed by atoms with Gasteiger partial charge in [-0.15, -0.1) is 0 Å². The number of aryl methyl sites for hydroxylation is 1. The van der Waals surface area contributed by atoms with Crippen LogP contribution in [0.1, 0.15) is 29.3 Å². The Bertz CT molecular complexity index is 942. The molecule has 144 valence electrons. The highest BCUT2D eigenvalue weighted by Gasteiger charge is 2.41. The van der Waals surface area contributed by atoms with E-state index in [9.17, 15) is 24.3 Å². The minimum Gasteiger partial charge on any atom is -0.478 e. The highest BCUT2D eigenvalue weighted by atomic mass is 32.2. The lowest BCUT2D eigenvalue weighted by Crippen LogP contribution is -2.33. The summed E-state index contributed by atoms with van der Waals surface area (Å²) in [5.41, 5.74) is 1.66. The first kappa shape index (κ1) is 19.6. The molecule has 0 spiro atoms. The Hall–Kier alpha value is -3.13. The summed E-state index contributed by atoms with van der Waals surface area (Å²) in [5, 5.41) is 10.4. The smallest absolute Gasteiger partial charge is 0.337 e. The van der Waals surface area contributed by atoms with E-state index in [1.54, 1.807) is 24.3 Å². The van der Waals surface area contributed by atoms with Crippen LogP contribution in [0.25, 0.3) is 0 Å². The maximum atomic E-state index is 12.6. The van der Waals surface area contributed by atoms with Crippen LogP contribution in [0.5, 0.6) is 0 Å². The summed E-state index contributed by atoms with van der Waals surface area (Å²) in [6, 6.07) is 13.1. The molecule has 0 bridgehead atoms. The highest BCUT2D eigenvalue weighted by molar-refractivity contribution is 8.15. The Morgan fingerprint density at radius 1 is 1.11 bits per heavy atom. The Labute approximate surface area is 165 Å². The molecule has 1 aliphatic rings. The van der Waals surface area contributed by atoms with Crippen molar-refractivity contribution in [3.63, 3.8) is 0 Å². The fourth-order valence-electron chi connectivity index (χ4n) is 2.85. The summed E-state index contributed by atoms with van der Waals surface area (Å²) >= 11 is 0.796. The van der Waals surface area contributed by atoms with Gasteiger partial charge in [0.2, 0.25) is 11.8 Å². The number of amides is 3. The lowest BCUT2D eigenvalue weighted by atomic mass is 10.1. The Morgan fingerprint density at radius 3 is 2.43 bits per heavy atom. The second kappa shape index (κ2) is 8.26. The largest absolute Gasteiger partial charge is 0.478 e. The molecule has 0 radical (unpaired) electrons. The van der Waals surface area contributed by atoms with Crippen molar-refractivity contribution >= 4 is 46.2 Å². The maximum Gasteiger partial charge on any atom is 0.337 e. The van der Waals surface area contributed by atoms with Crippen molar-refractivity contribution in [2.75, 3.05) is 10.2 Å². The van der Waals surface area contributed by atoms with Crippen LogP contribution in [0.3, 0.4) is 0 Å². The molecule has 0 saturated carbocycles. The van der Waals surface area contributed by atoms with Gasteiger partial charge in [0.1, 0.15) is 5.25 Å². The van der Waals surface area contributed by atoms with Gasteiger partial charge < -0.3 is 10.4 Å². The number of nitrogens with zero attached hydrogens (tertiary/aromatic N) is 1. The lowest BCUT2D eigenvalue weighted by molar-refractivity contribution is -0.121. The predicted molar refractivity (Wildman–Crippen MR) is 107 cm³/mol. The van der Waals surface area contributed by atoms with Gasteiger partial charge in [0.15, 0.2) is 0 Å². The Morgan fingerprint density at radius 2 is 1.79 bits per heavy atom. The molecule has 7 nitrogen and oxygen atoms in total. The number of benzene rings is 2. The van der Waals surface area contributed by atoms with Crippen molar-refractivity contribution in [2.45, 2.75) is 25.0 Å². The van der Waals surface area contributed by atoms with Gasteiger partial charge in [-0.05, 0) is 48.0 Å². The van der Waals surface area contributed by atoms with Crippen LogP contribution in [0, 0.1) is 0 Å². The molecule has 2 aromatic carbocycles. The quantitative estimate of drug-likeness (QED) is 0.771. The lowest BCUT2D eigenvalue weighted by Gasteiger charge is -2.14. The standard InChI is InChI=1S/C20H18N2O5S/c1-2-12-7-9-13(10-8-12)22-18(24)16(28-20(22)27)11-17(23)21-15-6-4-3-5-14(15)19(25)26/h3-10,16H,2,11H2,1H3,(H,21,23)(H,25,26). The van der Waals surface area contributed by atoms with Crippen molar-refractivity contribution in [1.29, 1.82) is 0 Å². The molecule has 1 fully saturated rings. The van der Waals surface area contributed by atoms with E-state index < -0.39 is 28.3 Å². The number of rotatable bonds is 6. The zero-order valence-corrected chi connectivity index (χ0v) is 15.9. The number of carbonyl (C=O) groups is 4. The first-order valence-electron chi connectivity index (χ1n) is 8.66. The van der Waals surface area contributed by atoms with Crippen molar-refractivity contribution in [3.05, 3.63) is 59.7 Å². The molecule has 1 aliphatic heterocycles. The second-order valence-electron chi connectivity index (χ2n) is 6.17. The van der Waals surface area contributed by atoms with Crippen LogP contribution in [-0.2, 0) is 16.0 Å². The third-order valence-electron chi connectivity index (χ3n) is 4.33. The molecule has 2 N–H and O–H groups in total. The number of hydrogen-bond donors (Lipinski definition) is 2. The van der Waals surface area contributed by atoms with Crippen LogP contribution >= 0.6 is 11.8 Å². The number of carbonyl (C=O) groups excluding carboxylic acids is 3. The number of carboxylic acids is 1. The SMILES string of the molecule is CCc1ccc(N2C(=O)SC(CC(=O)Nc3ccccc3C(=O)O)C2=O)cc1. The van der Waals surface area contributed by atoms with E-state index in [0.717, 1.165) is 28.6 Å². The first-order chi connectivity index (χ1) is 13.4. The average Bonchev–Trinajstić information content (AvgIpc) is 2.95. The monoisotopic (exact) mass is 398 g/mol. The third kappa shape index (κ3) is 4.07. The highest BCUT2D eigenvalue weighted by Crippen LogP contribution is 2.33. The number of carboxylic acid groups (broad SMARTS) is 1. The predicted octanol–water partition coefficient (Wildman–Crippen LogP) is 3.54. The summed E-state index contributed by atoms with van der Waals surface area (Å²) in [6.45, 7) is 2.01.